The van der Waals surface area contributed by atoms with Crippen LogP contribution in [0.15, 0.2) is 59.3 Å². The number of benzene rings is 1. The fraction of sp³-hybridized carbons (Fsp3) is 0.133. The second-order valence-corrected chi connectivity index (χ2v) is 4.00. The molecule has 0 aliphatic carbocycles. The zero-order valence-electron chi connectivity index (χ0n) is 11.4. The Labute approximate surface area is 117 Å². The standard InChI is InChI=1S/C13H9N3O.C2H7N/c1-2-6-10(7-3-1)13-15-12(16-17-13)11-8-4-5-9-14-11;1-3-2/h1-9H;3H,1-2H3. The second kappa shape index (κ2) is 7.16. The minimum Gasteiger partial charge on any atom is -0.334 e. The molecule has 0 amide bonds. The monoisotopic (exact) mass is 268 g/mol. The second-order valence-electron chi connectivity index (χ2n) is 4.00. The molecule has 0 saturated carbocycles. The van der Waals surface area contributed by atoms with Crippen molar-refractivity contribution in [3.8, 4) is 23.0 Å². The van der Waals surface area contributed by atoms with Crippen molar-refractivity contribution in [2.75, 3.05) is 14.1 Å². The highest BCUT2D eigenvalue weighted by atomic mass is 16.5. The van der Waals surface area contributed by atoms with E-state index < -0.39 is 0 Å². The summed E-state index contributed by atoms with van der Waals surface area (Å²) in [5.74, 6) is 1.01. The molecule has 5 heteroatoms. The van der Waals surface area contributed by atoms with Crippen LogP contribution >= 0.6 is 0 Å². The van der Waals surface area contributed by atoms with Crippen LogP contribution in [0.25, 0.3) is 23.0 Å². The SMILES string of the molecule is CNC.c1ccc(-c2nc(-c3ccccn3)no2)cc1. The van der Waals surface area contributed by atoms with Gasteiger partial charge in [-0.1, -0.05) is 29.4 Å². The summed E-state index contributed by atoms with van der Waals surface area (Å²) in [6.45, 7) is 0. The highest BCUT2D eigenvalue weighted by Crippen LogP contribution is 2.20. The molecular weight excluding hydrogens is 252 g/mol. The summed E-state index contributed by atoms with van der Waals surface area (Å²) in [6, 6.07) is 15.2. The number of nitrogens with zero attached hydrogens (tertiary/aromatic N) is 3. The molecule has 0 aliphatic heterocycles. The number of pyridine rings is 1. The molecule has 3 aromatic rings. The Morgan fingerprint density at radius 1 is 0.950 bits per heavy atom. The van der Waals surface area contributed by atoms with Gasteiger partial charge in [0.15, 0.2) is 0 Å². The van der Waals surface area contributed by atoms with Crippen LogP contribution in [0.4, 0.5) is 0 Å². The lowest BCUT2D eigenvalue weighted by Gasteiger charge is -1.91. The molecule has 0 spiro atoms. The zero-order chi connectivity index (χ0) is 14.2. The van der Waals surface area contributed by atoms with Crippen molar-refractivity contribution < 1.29 is 4.52 Å². The van der Waals surface area contributed by atoms with Crippen molar-refractivity contribution in [1.29, 1.82) is 0 Å². The molecule has 5 nitrogen and oxygen atoms in total. The number of nitrogens with one attached hydrogen (secondary N) is 1. The van der Waals surface area contributed by atoms with Crippen molar-refractivity contribution in [3.05, 3.63) is 54.7 Å². The van der Waals surface area contributed by atoms with Gasteiger partial charge in [-0.2, -0.15) is 4.98 Å². The lowest BCUT2D eigenvalue weighted by molar-refractivity contribution is 0.432. The van der Waals surface area contributed by atoms with Crippen molar-refractivity contribution in [3.63, 3.8) is 0 Å². The van der Waals surface area contributed by atoms with Gasteiger partial charge in [-0.3, -0.25) is 4.98 Å². The Hall–Kier alpha value is -2.53. The van der Waals surface area contributed by atoms with E-state index in [-0.39, 0.29) is 0 Å². The number of hydrogen-bond acceptors (Lipinski definition) is 5. The third kappa shape index (κ3) is 3.49. The van der Waals surface area contributed by atoms with Gasteiger partial charge in [0.05, 0.1) is 0 Å². The van der Waals surface area contributed by atoms with Crippen LogP contribution in [0.5, 0.6) is 0 Å². The molecule has 0 aliphatic rings. The molecule has 0 bridgehead atoms. The third-order valence-electron chi connectivity index (χ3n) is 2.34. The molecule has 1 aromatic carbocycles. The Bertz CT molecular complexity index is 569. The Morgan fingerprint density at radius 2 is 1.65 bits per heavy atom. The maximum absolute atomic E-state index is 5.20. The Morgan fingerprint density at radius 3 is 2.30 bits per heavy atom. The molecule has 0 atom stereocenters. The maximum Gasteiger partial charge on any atom is 0.258 e. The van der Waals surface area contributed by atoms with E-state index >= 15 is 0 Å². The fourth-order valence-electron chi connectivity index (χ4n) is 1.52. The van der Waals surface area contributed by atoms with Crippen molar-refractivity contribution in [1.82, 2.24) is 20.4 Å². The Kier molecular flexibility index (Phi) is 4.97. The summed E-state index contributed by atoms with van der Waals surface area (Å²) in [4.78, 5) is 8.48. The minimum atomic E-state index is 0.504. The van der Waals surface area contributed by atoms with E-state index in [2.05, 4.69) is 20.4 Å². The minimum absolute atomic E-state index is 0.504. The predicted molar refractivity (Wildman–Crippen MR) is 77.9 cm³/mol. The van der Waals surface area contributed by atoms with Gasteiger partial charge < -0.3 is 9.84 Å². The lowest BCUT2D eigenvalue weighted by Crippen LogP contribution is -1.89. The van der Waals surface area contributed by atoms with Crippen LogP contribution in [0, 0.1) is 0 Å². The summed E-state index contributed by atoms with van der Waals surface area (Å²) in [6.07, 6.45) is 1.70. The molecule has 2 aromatic heterocycles. The molecule has 0 saturated heterocycles. The molecule has 20 heavy (non-hydrogen) atoms. The first-order chi connectivity index (χ1) is 9.85. The van der Waals surface area contributed by atoms with E-state index in [1.165, 1.54) is 0 Å². The molecule has 0 fully saturated rings. The van der Waals surface area contributed by atoms with E-state index in [0.717, 1.165) is 5.56 Å². The molecule has 3 rings (SSSR count). The number of rotatable bonds is 2. The average molecular weight is 268 g/mol. The molecule has 2 heterocycles. The Balaban J connectivity index is 0.000000452. The summed E-state index contributed by atoms with van der Waals surface area (Å²) in [5, 5.41) is 6.66. The van der Waals surface area contributed by atoms with E-state index in [1.807, 2.05) is 62.6 Å². The molecule has 102 valence electrons. The van der Waals surface area contributed by atoms with Crippen LogP contribution < -0.4 is 5.32 Å². The molecular formula is C15H16N4O. The highest BCUT2D eigenvalue weighted by Gasteiger charge is 2.10. The van der Waals surface area contributed by atoms with Crippen LogP contribution in [0.1, 0.15) is 0 Å². The highest BCUT2D eigenvalue weighted by molar-refractivity contribution is 5.56. The summed E-state index contributed by atoms with van der Waals surface area (Å²) >= 11 is 0. The molecule has 0 unspecified atom stereocenters. The summed E-state index contributed by atoms with van der Waals surface area (Å²) in [5.41, 5.74) is 1.61. The van der Waals surface area contributed by atoms with Gasteiger partial charge in [0.1, 0.15) is 5.69 Å². The normalized spacial score (nSPS) is 9.70. The molecule has 0 radical (unpaired) electrons. The zero-order valence-corrected chi connectivity index (χ0v) is 11.4. The first-order valence-electron chi connectivity index (χ1n) is 6.24. The van der Waals surface area contributed by atoms with Gasteiger partial charge in [-0.25, -0.2) is 0 Å². The van der Waals surface area contributed by atoms with Crippen LogP contribution in [0.3, 0.4) is 0 Å². The lowest BCUT2D eigenvalue weighted by atomic mass is 10.2. The van der Waals surface area contributed by atoms with Gasteiger partial charge in [-0.15, -0.1) is 0 Å². The van der Waals surface area contributed by atoms with Gasteiger partial charge in [0, 0.05) is 11.8 Å². The topological polar surface area (TPSA) is 63.8 Å². The van der Waals surface area contributed by atoms with Gasteiger partial charge in [0.25, 0.3) is 5.89 Å². The van der Waals surface area contributed by atoms with Crippen LogP contribution in [-0.4, -0.2) is 29.2 Å². The number of hydrogen-bond donors (Lipinski definition) is 1. The molecule has 1 N–H and O–H groups in total. The van der Waals surface area contributed by atoms with E-state index in [0.29, 0.717) is 17.4 Å². The predicted octanol–water partition coefficient (Wildman–Crippen LogP) is 2.63. The first-order valence-corrected chi connectivity index (χ1v) is 6.24. The summed E-state index contributed by atoms with van der Waals surface area (Å²) in [7, 11) is 3.75. The van der Waals surface area contributed by atoms with Crippen molar-refractivity contribution in [2.45, 2.75) is 0 Å². The number of aromatic nitrogens is 3. The van der Waals surface area contributed by atoms with E-state index in [4.69, 9.17) is 4.52 Å². The van der Waals surface area contributed by atoms with Gasteiger partial charge >= 0.3 is 0 Å². The summed E-state index contributed by atoms with van der Waals surface area (Å²) < 4.78 is 5.20. The van der Waals surface area contributed by atoms with Gasteiger partial charge in [-0.05, 0) is 38.4 Å². The average Bonchev–Trinajstić information content (AvgIpc) is 3.00. The van der Waals surface area contributed by atoms with Crippen molar-refractivity contribution >= 4 is 0 Å². The van der Waals surface area contributed by atoms with Gasteiger partial charge in [0.2, 0.25) is 5.82 Å². The van der Waals surface area contributed by atoms with E-state index in [9.17, 15) is 0 Å². The largest absolute Gasteiger partial charge is 0.334 e. The third-order valence-corrected chi connectivity index (χ3v) is 2.34. The quantitative estimate of drug-likeness (QED) is 0.774. The van der Waals surface area contributed by atoms with Crippen LogP contribution in [0.2, 0.25) is 0 Å². The van der Waals surface area contributed by atoms with E-state index in [1.54, 1.807) is 6.20 Å². The maximum atomic E-state index is 5.20. The van der Waals surface area contributed by atoms with Crippen molar-refractivity contribution in [2.24, 2.45) is 0 Å². The van der Waals surface area contributed by atoms with Crippen LogP contribution in [-0.2, 0) is 0 Å². The fourth-order valence-corrected chi connectivity index (χ4v) is 1.52. The first kappa shape index (κ1) is 13.9. The smallest absolute Gasteiger partial charge is 0.258 e.